The summed E-state index contributed by atoms with van der Waals surface area (Å²) >= 11 is 0. The molecule has 0 amide bonds. The van der Waals surface area contributed by atoms with Crippen LogP contribution in [0.5, 0.6) is 0 Å². The van der Waals surface area contributed by atoms with Crippen LogP contribution in [0.15, 0.2) is 285 Å². The van der Waals surface area contributed by atoms with Crippen LogP contribution in [0.25, 0.3) is 161 Å². The molecular formula is C86H59N5. The fourth-order valence-corrected chi connectivity index (χ4v) is 16.0. The molecule has 5 heteroatoms. The normalized spacial score (nSPS) is 13.7. The van der Waals surface area contributed by atoms with Crippen LogP contribution in [0.3, 0.4) is 0 Å². The number of para-hydroxylation sites is 3. The molecule has 428 valence electrons. The van der Waals surface area contributed by atoms with Crippen LogP contribution in [0.2, 0.25) is 0 Å². The van der Waals surface area contributed by atoms with Gasteiger partial charge in [-0.3, -0.25) is 0 Å². The van der Waals surface area contributed by atoms with Gasteiger partial charge in [-0.1, -0.05) is 234 Å². The molecule has 17 aromatic rings. The van der Waals surface area contributed by atoms with Crippen LogP contribution >= 0.6 is 0 Å². The summed E-state index contributed by atoms with van der Waals surface area (Å²) in [6.07, 6.45) is 0. The Kier molecular flexibility index (Phi) is 10.8. The number of rotatable bonds is 7. The molecule has 0 saturated carbocycles. The highest BCUT2D eigenvalue weighted by Crippen LogP contribution is 2.52. The van der Waals surface area contributed by atoms with Crippen LogP contribution in [-0.2, 0) is 10.8 Å². The van der Waals surface area contributed by atoms with Gasteiger partial charge in [0.1, 0.15) is 0 Å². The Morgan fingerprint density at radius 3 is 1.09 bits per heavy atom. The first-order valence-corrected chi connectivity index (χ1v) is 31.7. The Labute approximate surface area is 527 Å². The lowest BCUT2D eigenvalue weighted by atomic mass is 9.82. The lowest BCUT2D eigenvalue weighted by molar-refractivity contribution is 0.660. The number of aromatic nitrogens is 5. The van der Waals surface area contributed by atoms with E-state index in [1.165, 1.54) is 110 Å². The summed E-state index contributed by atoms with van der Waals surface area (Å²) in [7, 11) is 0. The summed E-state index contributed by atoms with van der Waals surface area (Å²) in [5.74, 6) is 0.711. The highest BCUT2D eigenvalue weighted by molar-refractivity contribution is 6.14. The molecule has 0 unspecified atom stereocenters. The number of hydrogen-bond acceptors (Lipinski definition) is 2. The maximum atomic E-state index is 5.28. The van der Waals surface area contributed by atoms with E-state index in [4.69, 9.17) is 9.97 Å². The molecule has 19 rings (SSSR count). The van der Waals surface area contributed by atoms with E-state index in [9.17, 15) is 0 Å². The van der Waals surface area contributed by atoms with Crippen LogP contribution in [0.4, 0.5) is 0 Å². The van der Waals surface area contributed by atoms with Gasteiger partial charge in [-0.05, 0) is 146 Å². The minimum Gasteiger partial charge on any atom is -0.309 e. The second kappa shape index (κ2) is 19.1. The van der Waals surface area contributed by atoms with Crippen LogP contribution < -0.4 is 0 Å². The quantitative estimate of drug-likeness (QED) is 0.160. The van der Waals surface area contributed by atoms with Crippen molar-refractivity contribution in [3.8, 4) is 84.2 Å². The predicted octanol–water partition coefficient (Wildman–Crippen LogP) is 22.2. The minimum absolute atomic E-state index is 0.124. The van der Waals surface area contributed by atoms with E-state index in [0.29, 0.717) is 5.82 Å². The average molecular weight is 1160 g/mol. The molecule has 0 fully saturated rings. The zero-order chi connectivity index (χ0) is 60.4. The van der Waals surface area contributed by atoms with Crippen molar-refractivity contribution >= 4 is 76.3 Å². The van der Waals surface area contributed by atoms with Crippen molar-refractivity contribution in [1.29, 1.82) is 0 Å². The predicted molar refractivity (Wildman–Crippen MR) is 379 cm³/mol. The fourth-order valence-electron chi connectivity index (χ4n) is 16.0. The van der Waals surface area contributed by atoms with Crippen LogP contribution in [-0.4, -0.2) is 23.7 Å². The van der Waals surface area contributed by atoms with E-state index >= 15 is 0 Å². The number of benzene rings is 13. The summed E-state index contributed by atoms with van der Waals surface area (Å²) in [6.45, 7) is 9.47. The Morgan fingerprint density at radius 2 is 0.604 bits per heavy atom. The van der Waals surface area contributed by atoms with Crippen molar-refractivity contribution < 1.29 is 0 Å². The summed E-state index contributed by atoms with van der Waals surface area (Å²) in [5.41, 5.74) is 29.4. The second-order valence-electron chi connectivity index (χ2n) is 26.1. The van der Waals surface area contributed by atoms with E-state index < -0.39 is 0 Å². The molecule has 5 nitrogen and oxygen atoms in total. The molecule has 4 aromatic heterocycles. The maximum absolute atomic E-state index is 5.28. The van der Waals surface area contributed by atoms with Crippen molar-refractivity contribution in [2.45, 2.75) is 38.5 Å². The third kappa shape index (κ3) is 7.52. The molecule has 0 atom stereocenters. The third-order valence-electron chi connectivity index (χ3n) is 20.5. The molecule has 0 radical (unpaired) electrons. The van der Waals surface area contributed by atoms with Crippen molar-refractivity contribution in [2.75, 3.05) is 0 Å². The van der Waals surface area contributed by atoms with Gasteiger partial charge in [0.05, 0.1) is 44.3 Å². The molecule has 91 heavy (non-hydrogen) atoms. The summed E-state index contributed by atoms with van der Waals surface area (Å²) < 4.78 is 7.45. The topological polar surface area (TPSA) is 40.6 Å². The van der Waals surface area contributed by atoms with Gasteiger partial charge in [0.25, 0.3) is 0 Å². The lowest BCUT2D eigenvalue weighted by Crippen LogP contribution is -2.15. The van der Waals surface area contributed by atoms with Gasteiger partial charge in [-0.15, -0.1) is 0 Å². The van der Waals surface area contributed by atoms with Crippen LogP contribution in [0.1, 0.15) is 49.9 Å². The van der Waals surface area contributed by atoms with Gasteiger partial charge in [0.15, 0.2) is 5.82 Å². The molecule has 2 aliphatic carbocycles. The van der Waals surface area contributed by atoms with E-state index in [-0.39, 0.29) is 10.8 Å². The van der Waals surface area contributed by atoms with E-state index in [2.05, 4.69) is 308 Å². The van der Waals surface area contributed by atoms with Crippen molar-refractivity contribution in [3.05, 3.63) is 307 Å². The summed E-state index contributed by atoms with van der Waals surface area (Å²) in [4.78, 5) is 10.3. The smallest absolute Gasteiger partial charge is 0.160 e. The highest BCUT2D eigenvalue weighted by Gasteiger charge is 2.37. The van der Waals surface area contributed by atoms with E-state index in [1.807, 2.05) is 18.2 Å². The molecule has 0 spiro atoms. The van der Waals surface area contributed by atoms with Gasteiger partial charge in [0.2, 0.25) is 0 Å². The third-order valence-corrected chi connectivity index (χ3v) is 20.5. The van der Waals surface area contributed by atoms with E-state index in [1.54, 1.807) is 0 Å². The van der Waals surface area contributed by atoms with E-state index in [0.717, 1.165) is 66.7 Å². The van der Waals surface area contributed by atoms with Crippen molar-refractivity contribution in [1.82, 2.24) is 23.7 Å². The standard InChI is InChI=1S/C86H59N5/c1-85(2)72-25-13-8-20-61(72)63-44-38-59(50-74(63)85)90-77-28-16-11-22-65(77)67-40-32-56(48-81(67)90)54-34-42-69-70-43-35-55(47-80(70)89(79(69)46-54)58-36-30-52(31-37-58)83-71-24-10-15-27-76(71)87-84(88-83)53-18-6-5-7-19-53)57-33-41-68-66-23-12-17-29-78(66)91(82(68)49-57)60-39-45-64-62-21-9-14-26-73(62)86(3,4)75(64)51-60/h5-51H,1-4H3. The first-order chi connectivity index (χ1) is 44.6. The molecule has 0 bridgehead atoms. The van der Waals surface area contributed by atoms with Crippen molar-refractivity contribution in [2.24, 2.45) is 0 Å². The Balaban J connectivity index is 0.788. The van der Waals surface area contributed by atoms with Gasteiger partial charge in [-0.2, -0.15) is 0 Å². The van der Waals surface area contributed by atoms with Crippen LogP contribution in [0, 0.1) is 0 Å². The average Bonchev–Trinajstić information content (AvgIpc) is 1.61. The molecule has 4 heterocycles. The van der Waals surface area contributed by atoms with Gasteiger partial charge >= 0.3 is 0 Å². The van der Waals surface area contributed by atoms with Gasteiger partial charge in [0, 0.05) is 76.7 Å². The molecule has 0 saturated heterocycles. The number of fused-ring (bicyclic) bond motifs is 16. The monoisotopic (exact) mass is 1160 g/mol. The Hall–Kier alpha value is -11.4. The SMILES string of the molecule is CC1(C)c2ccccc2-c2ccc(-n3c4ccccc4c4ccc(-c5ccc6c7ccc(-c8ccc9c%10ccccc%10n(-c%10ccc%11c(c%10)C(C)(C)c%10ccccc%10-%11)c9c8)cc7n(-c7ccc(-c8nc(-c9ccccc9)nc9ccccc89)cc7)c6c5)cc43)cc21. The maximum Gasteiger partial charge on any atom is 0.160 e. The van der Waals surface area contributed by atoms with Gasteiger partial charge < -0.3 is 13.7 Å². The zero-order valence-corrected chi connectivity index (χ0v) is 50.9. The largest absolute Gasteiger partial charge is 0.309 e. The zero-order valence-electron chi connectivity index (χ0n) is 50.9. The summed E-state index contributed by atoms with van der Waals surface area (Å²) in [6, 6.07) is 106. The Morgan fingerprint density at radius 1 is 0.242 bits per heavy atom. The first kappa shape index (κ1) is 51.6. The molecule has 13 aromatic carbocycles. The second-order valence-corrected chi connectivity index (χ2v) is 26.1. The molecular weight excluding hydrogens is 1100 g/mol. The number of nitrogens with zero attached hydrogens (tertiary/aromatic N) is 5. The highest BCUT2D eigenvalue weighted by atomic mass is 15.0. The first-order valence-electron chi connectivity index (χ1n) is 31.7. The minimum atomic E-state index is -0.124. The number of hydrogen-bond donors (Lipinski definition) is 0. The van der Waals surface area contributed by atoms with Crippen molar-refractivity contribution in [3.63, 3.8) is 0 Å². The molecule has 0 N–H and O–H groups in total. The Bertz CT molecular complexity index is 5670. The summed E-state index contributed by atoms with van der Waals surface area (Å²) in [5, 5.41) is 8.36. The fraction of sp³-hybridized carbons (Fsp3) is 0.0698. The molecule has 0 aliphatic heterocycles. The lowest BCUT2D eigenvalue weighted by Gasteiger charge is -2.22. The van der Waals surface area contributed by atoms with Gasteiger partial charge in [-0.25, -0.2) is 9.97 Å². The molecule has 2 aliphatic rings.